The molecule has 7 nitrogen and oxygen atoms in total. The number of hydrogen-bond donors (Lipinski definition) is 2. The van der Waals surface area contributed by atoms with Crippen LogP contribution in [0.4, 0.5) is 11.4 Å². The third kappa shape index (κ3) is 5.13. The molecule has 0 aliphatic carbocycles. The number of nitrogens with one attached hydrogen (secondary N) is 2. The number of ether oxygens (including phenoxy) is 2. The van der Waals surface area contributed by atoms with Crippen molar-refractivity contribution in [1.82, 2.24) is 0 Å². The molecule has 0 bridgehead atoms. The van der Waals surface area contributed by atoms with Gasteiger partial charge >= 0.3 is 0 Å². The highest BCUT2D eigenvalue weighted by Gasteiger charge is 2.18. The van der Waals surface area contributed by atoms with Gasteiger partial charge in [-0.15, -0.1) is 0 Å². The maximum Gasteiger partial charge on any atom is 0.262 e. The molecule has 2 rings (SSSR count). The average molecular weight is 378 g/mol. The van der Waals surface area contributed by atoms with Gasteiger partial charge in [0.15, 0.2) is 11.5 Å². The number of benzene rings is 2. The van der Waals surface area contributed by atoms with Gasteiger partial charge in [-0.25, -0.2) is 8.42 Å². The quantitative estimate of drug-likeness (QED) is 0.735. The van der Waals surface area contributed by atoms with Gasteiger partial charge in [0.05, 0.1) is 23.8 Å². The molecular weight excluding hydrogens is 356 g/mol. The number of rotatable bonds is 8. The highest BCUT2D eigenvalue weighted by Crippen LogP contribution is 2.31. The van der Waals surface area contributed by atoms with Gasteiger partial charge in [0.1, 0.15) is 0 Å². The maximum atomic E-state index is 12.7. The zero-order valence-electron chi connectivity index (χ0n) is 14.9. The third-order valence-electron chi connectivity index (χ3n) is 3.26. The molecule has 0 saturated heterocycles. The minimum absolute atomic E-state index is 0.0503. The number of amides is 1. The summed E-state index contributed by atoms with van der Waals surface area (Å²) >= 11 is 0. The van der Waals surface area contributed by atoms with Gasteiger partial charge in [-0.3, -0.25) is 9.52 Å². The molecule has 8 heteroatoms. The Hall–Kier alpha value is -2.74. The molecule has 0 fully saturated rings. The molecule has 2 N–H and O–H groups in total. The lowest BCUT2D eigenvalue weighted by Crippen LogP contribution is -2.14. The van der Waals surface area contributed by atoms with Crippen LogP contribution in [0.3, 0.4) is 0 Å². The number of hydrogen-bond acceptors (Lipinski definition) is 5. The normalized spacial score (nSPS) is 10.9. The van der Waals surface area contributed by atoms with E-state index in [1.807, 2.05) is 13.8 Å². The number of carbonyl (C=O) groups is 1. The molecule has 0 radical (unpaired) electrons. The summed E-state index contributed by atoms with van der Waals surface area (Å²) in [5.74, 6) is 0.614. The molecule has 0 aromatic heterocycles. The first kappa shape index (κ1) is 19.6. The van der Waals surface area contributed by atoms with E-state index in [-0.39, 0.29) is 10.8 Å². The van der Waals surface area contributed by atoms with Crippen LogP contribution in [0.15, 0.2) is 47.4 Å². The fraction of sp³-hybridized carbons (Fsp3) is 0.278. The van der Waals surface area contributed by atoms with E-state index in [1.165, 1.54) is 25.1 Å². The van der Waals surface area contributed by atoms with Crippen LogP contribution >= 0.6 is 0 Å². The monoisotopic (exact) mass is 378 g/mol. The number of anilines is 2. The van der Waals surface area contributed by atoms with Crippen molar-refractivity contribution in [3.05, 3.63) is 42.5 Å². The van der Waals surface area contributed by atoms with Crippen molar-refractivity contribution in [2.75, 3.05) is 23.3 Å². The lowest BCUT2D eigenvalue weighted by atomic mass is 10.3. The summed E-state index contributed by atoms with van der Waals surface area (Å²) in [5.41, 5.74) is 0.836. The minimum Gasteiger partial charge on any atom is -0.490 e. The smallest absolute Gasteiger partial charge is 0.262 e. The van der Waals surface area contributed by atoms with Crippen LogP contribution < -0.4 is 19.5 Å². The molecule has 0 heterocycles. The summed E-state index contributed by atoms with van der Waals surface area (Å²) in [6, 6.07) is 10.9. The van der Waals surface area contributed by atoms with Crippen LogP contribution in [0.25, 0.3) is 0 Å². The second-order valence-corrected chi connectivity index (χ2v) is 7.02. The Labute approximate surface area is 153 Å². The summed E-state index contributed by atoms with van der Waals surface area (Å²) in [4.78, 5) is 11.2. The summed E-state index contributed by atoms with van der Waals surface area (Å²) in [5, 5.41) is 2.61. The first-order valence-electron chi connectivity index (χ1n) is 8.15. The molecule has 140 valence electrons. The largest absolute Gasteiger partial charge is 0.490 e. The van der Waals surface area contributed by atoms with Crippen molar-refractivity contribution in [3.8, 4) is 11.5 Å². The van der Waals surface area contributed by atoms with Crippen molar-refractivity contribution < 1.29 is 22.7 Å². The Bertz CT molecular complexity index is 881. The van der Waals surface area contributed by atoms with Crippen LogP contribution in [0, 0.1) is 0 Å². The highest BCUT2D eigenvalue weighted by atomic mass is 32.2. The summed E-state index contributed by atoms with van der Waals surface area (Å²) in [6.45, 7) is 5.86. The molecule has 2 aromatic carbocycles. The van der Waals surface area contributed by atoms with Gasteiger partial charge in [-0.1, -0.05) is 6.07 Å². The van der Waals surface area contributed by atoms with E-state index < -0.39 is 10.0 Å². The molecular formula is C18H22N2O5S. The van der Waals surface area contributed by atoms with Crippen LogP contribution in [0.2, 0.25) is 0 Å². The topological polar surface area (TPSA) is 93.7 Å². The molecule has 0 aliphatic heterocycles. The SMILES string of the molecule is CCOc1ccc(S(=O)(=O)Nc2cccc(NC(C)=O)c2)cc1OCC. The second kappa shape index (κ2) is 8.57. The summed E-state index contributed by atoms with van der Waals surface area (Å²) in [6.07, 6.45) is 0. The molecule has 0 unspecified atom stereocenters. The fourth-order valence-electron chi connectivity index (χ4n) is 2.28. The van der Waals surface area contributed by atoms with Crippen molar-refractivity contribution in [2.45, 2.75) is 25.7 Å². The zero-order valence-corrected chi connectivity index (χ0v) is 15.7. The van der Waals surface area contributed by atoms with Gasteiger partial charge < -0.3 is 14.8 Å². The van der Waals surface area contributed by atoms with E-state index >= 15 is 0 Å². The lowest BCUT2D eigenvalue weighted by molar-refractivity contribution is -0.114. The van der Waals surface area contributed by atoms with Gasteiger partial charge in [0.2, 0.25) is 5.91 Å². The Morgan fingerprint density at radius 1 is 0.962 bits per heavy atom. The van der Waals surface area contributed by atoms with Gasteiger partial charge in [0, 0.05) is 18.7 Å². The predicted molar refractivity (Wildman–Crippen MR) is 100 cm³/mol. The van der Waals surface area contributed by atoms with Crippen molar-refractivity contribution >= 4 is 27.3 Å². The first-order valence-corrected chi connectivity index (χ1v) is 9.64. The second-order valence-electron chi connectivity index (χ2n) is 5.34. The fourth-order valence-corrected chi connectivity index (χ4v) is 3.34. The molecule has 0 saturated carbocycles. The van der Waals surface area contributed by atoms with E-state index in [9.17, 15) is 13.2 Å². The van der Waals surface area contributed by atoms with Crippen molar-refractivity contribution in [2.24, 2.45) is 0 Å². The zero-order chi connectivity index (χ0) is 19.2. The Morgan fingerprint density at radius 3 is 2.27 bits per heavy atom. The maximum absolute atomic E-state index is 12.7. The average Bonchev–Trinajstić information content (AvgIpc) is 2.56. The molecule has 2 aromatic rings. The summed E-state index contributed by atoms with van der Waals surface area (Å²) in [7, 11) is -3.83. The third-order valence-corrected chi connectivity index (χ3v) is 4.64. The first-order chi connectivity index (χ1) is 12.4. The van der Waals surface area contributed by atoms with E-state index in [2.05, 4.69) is 10.0 Å². The van der Waals surface area contributed by atoms with Crippen LogP contribution in [0.1, 0.15) is 20.8 Å². The van der Waals surface area contributed by atoms with Gasteiger partial charge in [0.25, 0.3) is 10.0 Å². The Morgan fingerprint density at radius 2 is 1.62 bits per heavy atom. The number of carbonyl (C=O) groups excluding carboxylic acids is 1. The standard InChI is InChI=1S/C18H22N2O5S/c1-4-24-17-10-9-16(12-18(17)25-5-2)26(22,23)20-15-8-6-7-14(11-15)19-13(3)21/h6-12,20H,4-5H2,1-3H3,(H,19,21). The van der Waals surface area contributed by atoms with Gasteiger partial charge in [-0.2, -0.15) is 0 Å². The van der Waals surface area contributed by atoms with Crippen LogP contribution in [0.5, 0.6) is 11.5 Å². The Kier molecular flexibility index (Phi) is 6.46. The van der Waals surface area contributed by atoms with Gasteiger partial charge in [-0.05, 0) is 44.2 Å². The van der Waals surface area contributed by atoms with Crippen LogP contribution in [-0.2, 0) is 14.8 Å². The van der Waals surface area contributed by atoms with E-state index in [0.29, 0.717) is 36.1 Å². The molecule has 1 amide bonds. The molecule has 0 spiro atoms. The lowest BCUT2D eigenvalue weighted by Gasteiger charge is -2.14. The minimum atomic E-state index is -3.83. The van der Waals surface area contributed by atoms with Crippen LogP contribution in [-0.4, -0.2) is 27.5 Å². The van der Waals surface area contributed by atoms with Crippen molar-refractivity contribution in [1.29, 1.82) is 0 Å². The van der Waals surface area contributed by atoms with E-state index in [4.69, 9.17) is 9.47 Å². The Balaban J connectivity index is 2.29. The molecule has 26 heavy (non-hydrogen) atoms. The number of sulfonamides is 1. The predicted octanol–water partition coefficient (Wildman–Crippen LogP) is 3.24. The molecule has 0 aliphatic rings. The van der Waals surface area contributed by atoms with E-state index in [0.717, 1.165) is 0 Å². The van der Waals surface area contributed by atoms with Crippen molar-refractivity contribution in [3.63, 3.8) is 0 Å². The highest BCUT2D eigenvalue weighted by molar-refractivity contribution is 7.92. The molecule has 0 atom stereocenters. The van der Waals surface area contributed by atoms with E-state index in [1.54, 1.807) is 24.3 Å². The summed E-state index contributed by atoms with van der Waals surface area (Å²) < 4.78 is 38.7.